The average Bonchev–Trinajstić information content (AvgIpc) is 3.08. The summed E-state index contributed by atoms with van der Waals surface area (Å²) in [6.45, 7) is 6.32. The van der Waals surface area contributed by atoms with E-state index < -0.39 is 0 Å². The number of nitrogens with one attached hydrogen (secondary N) is 1. The van der Waals surface area contributed by atoms with E-state index in [4.69, 9.17) is 5.73 Å². The number of nitrogens with zero attached hydrogens (tertiary/aromatic N) is 4. The first-order valence-corrected chi connectivity index (χ1v) is 7.69. The van der Waals surface area contributed by atoms with Crippen LogP contribution in [0.25, 0.3) is 17.0 Å². The molecule has 0 bridgehead atoms. The molecular formula is C16H21ClN6. The molecule has 0 fully saturated rings. The molecule has 122 valence electrons. The Bertz CT molecular complexity index is 801. The lowest BCUT2D eigenvalue weighted by Gasteiger charge is -2.29. The van der Waals surface area contributed by atoms with Gasteiger partial charge in [0.1, 0.15) is 5.82 Å². The minimum Gasteiger partial charge on any atom is -0.383 e. The molecule has 3 N–H and O–H groups in total. The predicted molar refractivity (Wildman–Crippen MR) is 94.1 cm³/mol. The molecule has 3 aromatic rings. The number of aromatic nitrogens is 4. The molecule has 0 spiro atoms. The summed E-state index contributed by atoms with van der Waals surface area (Å²) in [4.78, 5) is 10.3. The van der Waals surface area contributed by atoms with Crippen LogP contribution in [0.2, 0.25) is 0 Å². The molecule has 1 aliphatic heterocycles. The maximum absolute atomic E-state index is 6.35. The number of hydrogen-bond donors (Lipinski definition) is 2. The number of para-hydroxylation sites is 2. The van der Waals surface area contributed by atoms with Crippen molar-refractivity contribution in [2.45, 2.75) is 32.9 Å². The van der Waals surface area contributed by atoms with Crippen LogP contribution in [-0.4, -0.2) is 37.2 Å². The summed E-state index contributed by atoms with van der Waals surface area (Å²) < 4.78 is 1.74. The third-order valence-electron chi connectivity index (χ3n) is 4.41. The number of rotatable bonds is 2. The molecule has 0 unspecified atom stereocenters. The highest BCUT2D eigenvalue weighted by molar-refractivity contribution is 5.85. The van der Waals surface area contributed by atoms with E-state index in [1.165, 1.54) is 0 Å². The average molecular weight is 333 g/mol. The number of halogens is 1. The van der Waals surface area contributed by atoms with E-state index in [0.717, 1.165) is 41.8 Å². The maximum atomic E-state index is 6.35. The van der Waals surface area contributed by atoms with E-state index in [-0.39, 0.29) is 12.4 Å². The Morgan fingerprint density at radius 1 is 1.26 bits per heavy atom. The molecule has 1 aromatic carbocycles. The van der Waals surface area contributed by atoms with Crippen LogP contribution in [0.15, 0.2) is 24.3 Å². The van der Waals surface area contributed by atoms with Gasteiger partial charge in [-0.05, 0) is 26.0 Å². The lowest BCUT2D eigenvalue weighted by atomic mass is 10.1. The monoisotopic (exact) mass is 332 g/mol. The minimum absolute atomic E-state index is 0. The van der Waals surface area contributed by atoms with E-state index >= 15 is 0 Å². The van der Waals surface area contributed by atoms with Gasteiger partial charge in [-0.3, -0.25) is 4.90 Å². The second-order valence-corrected chi connectivity index (χ2v) is 6.11. The van der Waals surface area contributed by atoms with Crippen LogP contribution in [-0.2, 0) is 13.0 Å². The Kier molecular flexibility index (Phi) is 4.04. The number of anilines is 1. The maximum Gasteiger partial charge on any atom is 0.231 e. The molecule has 0 aliphatic carbocycles. The van der Waals surface area contributed by atoms with Gasteiger partial charge in [0, 0.05) is 31.1 Å². The molecule has 4 rings (SSSR count). The highest BCUT2D eigenvalue weighted by Crippen LogP contribution is 2.27. The second kappa shape index (κ2) is 5.86. The Morgan fingerprint density at radius 3 is 2.78 bits per heavy atom. The van der Waals surface area contributed by atoms with E-state index in [2.05, 4.69) is 33.8 Å². The second-order valence-electron chi connectivity index (χ2n) is 6.11. The number of hydrogen-bond acceptors (Lipinski definition) is 4. The van der Waals surface area contributed by atoms with E-state index in [1.807, 2.05) is 24.3 Å². The van der Waals surface area contributed by atoms with Crippen molar-refractivity contribution in [1.82, 2.24) is 24.6 Å². The lowest BCUT2D eigenvalue weighted by molar-refractivity contribution is 0.203. The molecule has 6 nitrogen and oxygen atoms in total. The molecule has 7 heteroatoms. The van der Waals surface area contributed by atoms with Crippen LogP contribution in [0.1, 0.15) is 25.1 Å². The Labute approximate surface area is 141 Å². The molecule has 0 amide bonds. The van der Waals surface area contributed by atoms with Crippen molar-refractivity contribution in [2.75, 3.05) is 12.3 Å². The first-order valence-electron chi connectivity index (χ1n) is 7.69. The van der Waals surface area contributed by atoms with Crippen LogP contribution in [0.3, 0.4) is 0 Å². The standard InChI is InChI=1S/C16H20N6.ClH/c1-10(2)21-8-7-12-11(9-21)15(17)22(20-12)16-18-13-5-3-4-6-14(13)19-16;/h3-6,10H,7-9,17H2,1-2H3,(H,18,19);1H. The predicted octanol–water partition coefficient (Wildman–Crippen LogP) is 2.52. The van der Waals surface area contributed by atoms with Gasteiger partial charge < -0.3 is 10.7 Å². The molecule has 2 aromatic heterocycles. The zero-order valence-electron chi connectivity index (χ0n) is 13.3. The quantitative estimate of drug-likeness (QED) is 0.756. The van der Waals surface area contributed by atoms with E-state index in [0.29, 0.717) is 17.8 Å². The van der Waals surface area contributed by atoms with Crippen molar-refractivity contribution < 1.29 is 0 Å². The molecular weight excluding hydrogens is 312 g/mol. The van der Waals surface area contributed by atoms with Gasteiger partial charge in [-0.15, -0.1) is 12.4 Å². The summed E-state index contributed by atoms with van der Waals surface area (Å²) >= 11 is 0. The first-order chi connectivity index (χ1) is 10.6. The fraction of sp³-hybridized carbons (Fsp3) is 0.375. The van der Waals surface area contributed by atoms with Crippen molar-refractivity contribution in [1.29, 1.82) is 0 Å². The molecule has 0 radical (unpaired) electrons. The van der Waals surface area contributed by atoms with E-state index in [1.54, 1.807) is 4.68 Å². The lowest BCUT2D eigenvalue weighted by Crippen LogP contribution is -2.35. The van der Waals surface area contributed by atoms with Gasteiger partial charge in [-0.1, -0.05) is 12.1 Å². The topological polar surface area (TPSA) is 75.8 Å². The number of H-pyrrole nitrogens is 1. The molecule has 23 heavy (non-hydrogen) atoms. The Morgan fingerprint density at radius 2 is 2.04 bits per heavy atom. The third-order valence-corrected chi connectivity index (χ3v) is 4.41. The molecule has 0 saturated carbocycles. The van der Waals surface area contributed by atoms with Crippen molar-refractivity contribution >= 4 is 29.3 Å². The highest BCUT2D eigenvalue weighted by Gasteiger charge is 2.25. The fourth-order valence-corrected chi connectivity index (χ4v) is 3.06. The van der Waals surface area contributed by atoms with Gasteiger partial charge >= 0.3 is 0 Å². The SMILES string of the molecule is CC(C)N1CCc2nn(-c3nc4ccccc4[nH]3)c(N)c2C1.Cl. The van der Waals surface area contributed by atoms with Gasteiger partial charge in [0.15, 0.2) is 0 Å². The van der Waals surface area contributed by atoms with Crippen LogP contribution >= 0.6 is 12.4 Å². The molecule has 0 atom stereocenters. The summed E-state index contributed by atoms with van der Waals surface area (Å²) in [6.07, 6.45) is 0.935. The van der Waals surface area contributed by atoms with Gasteiger partial charge in [0.25, 0.3) is 0 Å². The number of imidazole rings is 1. The van der Waals surface area contributed by atoms with Crippen molar-refractivity contribution in [3.05, 3.63) is 35.5 Å². The van der Waals surface area contributed by atoms with Crippen molar-refractivity contribution in [3.63, 3.8) is 0 Å². The summed E-state index contributed by atoms with van der Waals surface area (Å²) in [5, 5.41) is 4.68. The number of benzene rings is 1. The zero-order valence-corrected chi connectivity index (χ0v) is 14.1. The zero-order chi connectivity index (χ0) is 15.3. The van der Waals surface area contributed by atoms with Crippen molar-refractivity contribution in [2.24, 2.45) is 0 Å². The minimum atomic E-state index is 0. The highest BCUT2D eigenvalue weighted by atomic mass is 35.5. The fourth-order valence-electron chi connectivity index (χ4n) is 3.06. The Hall–Kier alpha value is -2.05. The van der Waals surface area contributed by atoms with Gasteiger partial charge in [0.2, 0.25) is 5.95 Å². The summed E-state index contributed by atoms with van der Waals surface area (Å²) in [5.74, 6) is 1.38. The Balaban J connectivity index is 0.00000156. The third kappa shape index (κ3) is 2.58. The van der Waals surface area contributed by atoms with Crippen LogP contribution < -0.4 is 5.73 Å². The first kappa shape index (κ1) is 15.8. The molecule has 0 saturated heterocycles. The molecule has 3 heterocycles. The summed E-state index contributed by atoms with van der Waals surface area (Å²) in [7, 11) is 0. The number of aromatic amines is 1. The summed E-state index contributed by atoms with van der Waals surface area (Å²) in [5.41, 5.74) is 10.5. The molecule has 1 aliphatic rings. The van der Waals surface area contributed by atoms with E-state index in [9.17, 15) is 0 Å². The number of fused-ring (bicyclic) bond motifs is 2. The number of nitrogens with two attached hydrogens (primary N) is 1. The van der Waals surface area contributed by atoms with Crippen molar-refractivity contribution in [3.8, 4) is 5.95 Å². The normalized spacial score (nSPS) is 14.9. The number of nitrogen functional groups attached to an aromatic ring is 1. The summed E-state index contributed by atoms with van der Waals surface area (Å²) in [6, 6.07) is 8.47. The van der Waals surface area contributed by atoms with Crippen LogP contribution in [0.4, 0.5) is 5.82 Å². The smallest absolute Gasteiger partial charge is 0.231 e. The largest absolute Gasteiger partial charge is 0.383 e. The van der Waals surface area contributed by atoms with Crippen LogP contribution in [0.5, 0.6) is 0 Å². The van der Waals surface area contributed by atoms with Crippen LogP contribution in [0, 0.1) is 0 Å². The van der Waals surface area contributed by atoms with Gasteiger partial charge in [-0.25, -0.2) is 4.98 Å². The van der Waals surface area contributed by atoms with Gasteiger partial charge in [0.05, 0.1) is 16.7 Å². The van der Waals surface area contributed by atoms with Gasteiger partial charge in [-0.2, -0.15) is 9.78 Å².